The van der Waals surface area contributed by atoms with E-state index in [-0.39, 0.29) is 15.9 Å². The summed E-state index contributed by atoms with van der Waals surface area (Å²) in [6, 6.07) is 13.3. The Morgan fingerprint density at radius 1 is 1.06 bits per heavy atom. The Morgan fingerprint density at radius 3 is 2.38 bits per heavy atom. The Balaban J connectivity index is 1.61. The van der Waals surface area contributed by atoms with Crippen molar-refractivity contribution in [2.75, 3.05) is 45.2 Å². The number of nitrogens with zero attached hydrogens (tertiary/aromatic N) is 2. The molecule has 32 heavy (non-hydrogen) atoms. The second-order valence-electron chi connectivity index (χ2n) is 7.48. The second kappa shape index (κ2) is 10.9. The molecule has 1 heterocycles. The molecule has 1 aliphatic heterocycles. The Hall–Kier alpha value is -2.53. The number of rotatable bonds is 7. The monoisotopic (exact) mass is 476 g/mol. The Labute approximate surface area is 194 Å². The molecule has 1 saturated heterocycles. The third-order valence-corrected chi connectivity index (χ3v) is 7.15. The molecule has 0 aromatic heterocycles. The lowest BCUT2D eigenvalue weighted by atomic mass is 10.2. The van der Waals surface area contributed by atoms with Crippen LogP contribution in [0.3, 0.4) is 0 Å². The third-order valence-electron chi connectivity index (χ3n) is 5.03. The van der Waals surface area contributed by atoms with Crippen molar-refractivity contribution in [3.05, 3.63) is 54.1 Å². The standard InChI is InChI=1S/C22H28N4O4S2/c1-3-16-30-20-7-5-4-6-19(20)21(27)24-22(31)23-17-8-10-18(11-9-17)32(28,29)26-14-12-25(2)13-15-26/h4-11H,3,12-16H2,1-2H3,(H2,23,24,27,31). The zero-order valence-corrected chi connectivity index (χ0v) is 19.8. The van der Waals surface area contributed by atoms with Crippen molar-refractivity contribution in [2.45, 2.75) is 18.2 Å². The molecule has 0 radical (unpaired) electrons. The first-order valence-electron chi connectivity index (χ1n) is 10.4. The highest BCUT2D eigenvalue weighted by Crippen LogP contribution is 2.20. The van der Waals surface area contributed by atoms with Gasteiger partial charge in [-0.1, -0.05) is 19.1 Å². The molecule has 1 amide bonds. The highest BCUT2D eigenvalue weighted by atomic mass is 32.2. The fraction of sp³-hybridized carbons (Fsp3) is 0.364. The second-order valence-corrected chi connectivity index (χ2v) is 9.83. The van der Waals surface area contributed by atoms with Crippen molar-refractivity contribution < 1.29 is 17.9 Å². The molecule has 1 fully saturated rings. The van der Waals surface area contributed by atoms with Crippen LogP contribution in [0.2, 0.25) is 0 Å². The largest absolute Gasteiger partial charge is 0.493 e. The summed E-state index contributed by atoms with van der Waals surface area (Å²) in [6.45, 7) is 4.86. The van der Waals surface area contributed by atoms with Gasteiger partial charge in [0, 0.05) is 31.9 Å². The summed E-state index contributed by atoms with van der Waals surface area (Å²) in [6.07, 6.45) is 0.830. The summed E-state index contributed by atoms with van der Waals surface area (Å²) in [5.41, 5.74) is 0.960. The van der Waals surface area contributed by atoms with Gasteiger partial charge in [0.25, 0.3) is 5.91 Å². The van der Waals surface area contributed by atoms with Gasteiger partial charge in [-0.15, -0.1) is 0 Å². The molecule has 0 unspecified atom stereocenters. The van der Waals surface area contributed by atoms with Gasteiger partial charge in [-0.2, -0.15) is 4.31 Å². The van der Waals surface area contributed by atoms with Gasteiger partial charge in [0.1, 0.15) is 5.75 Å². The third kappa shape index (κ3) is 6.04. The van der Waals surface area contributed by atoms with E-state index in [2.05, 4.69) is 15.5 Å². The summed E-state index contributed by atoms with van der Waals surface area (Å²) >= 11 is 5.25. The molecule has 0 saturated carbocycles. The summed E-state index contributed by atoms with van der Waals surface area (Å²) in [7, 11) is -1.56. The van der Waals surface area contributed by atoms with Crippen LogP contribution in [0.5, 0.6) is 5.75 Å². The fourth-order valence-corrected chi connectivity index (χ4v) is 4.85. The molecular weight excluding hydrogens is 448 g/mol. The number of carbonyl (C=O) groups excluding carboxylic acids is 1. The Morgan fingerprint density at radius 2 is 1.72 bits per heavy atom. The van der Waals surface area contributed by atoms with E-state index >= 15 is 0 Å². The van der Waals surface area contributed by atoms with E-state index < -0.39 is 10.0 Å². The molecule has 2 aromatic rings. The first-order valence-corrected chi connectivity index (χ1v) is 12.3. The van der Waals surface area contributed by atoms with E-state index in [0.29, 0.717) is 49.8 Å². The molecule has 0 aliphatic carbocycles. The number of ether oxygens (including phenoxy) is 1. The molecular formula is C22H28N4O4S2. The first kappa shape index (κ1) is 24.1. The normalized spacial score (nSPS) is 15.2. The van der Waals surface area contributed by atoms with E-state index in [9.17, 15) is 13.2 Å². The quantitative estimate of drug-likeness (QED) is 0.594. The van der Waals surface area contributed by atoms with Gasteiger partial charge in [0.15, 0.2) is 5.11 Å². The van der Waals surface area contributed by atoms with Gasteiger partial charge in [-0.3, -0.25) is 10.1 Å². The van der Waals surface area contributed by atoms with Crippen LogP contribution < -0.4 is 15.4 Å². The number of para-hydroxylation sites is 1. The molecule has 172 valence electrons. The number of piperazine rings is 1. The van der Waals surface area contributed by atoms with Crippen LogP contribution >= 0.6 is 12.2 Å². The van der Waals surface area contributed by atoms with Gasteiger partial charge in [-0.25, -0.2) is 8.42 Å². The minimum Gasteiger partial charge on any atom is -0.493 e. The lowest BCUT2D eigenvalue weighted by Gasteiger charge is -2.31. The number of hydrogen-bond acceptors (Lipinski definition) is 6. The van der Waals surface area contributed by atoms with E-state index in [0.717, 1.165) is 6.42 Å². The van der Waals surface area contributed by atoms with Crippen LogP contribution in [0.1, 0.15) is 23.7 Å². The van der Waals surface area contributed by atoms with Gasteiger partial charge in [-0.05, 0) is 62.1 Å². The van der Waals surface area contributed by atoms with Gasteiger partial charge in [0.2, 0.25) is 10.0 Å². The van der Waals surface area contributed by atoms with E-state index in [1.165, 1.54) is 16.4 Å². The number of carbonyl (C=O) groups is 1. The van der Waals surface area contributed by atoms with Crippen molar-refractivity contribution in [3.8, 4) is 5.75 Å². The lowest BCUT2D eigenvalue weighted by Crippen LogP contribution is -2.46. The molecule has 0 atom stereocenters. The van der Waals surface area contributed by atoms with Gasteiger partial charge < -0.3 is 15.0 Å². The minimum atomic E-state index is -3.54. The van der Waals surface area contributed by atoms with Crippen molar-refractivity contribution >= 4 is 38.9 Å². The van der Waals surface area contributed by atoms with Crippen molar-refractivity contribution in [3.63, 3.8) is 0 Å². The first-order chi connectivity index (χ1) is 15.3. The number of anilines is 1. The average molecular weight is 477 g/mol. The molecule has 3 rings (SSSR count). The number of benzene rings is 2. The highest BCUT2D eigenvalue weighted by molar-refractivity contribution is 7.89. The van der Waals surface area contributed by atoms with Crippen molar-refractivity contribution in [1.29, 1.82) is 0 Å². The summed E-state index contributed by atoms with van der Waals surface area (Å²) in [4.78, 5) is 14.9. The highest BCUT2D eigenvalue weighted by Gasteiger charge is 2.27. The number of nitrogens with one attached hydrogen (secondary N) is 2. The predicted octanol–water partition coefficient (Wildman–Crippen LogP) is 2.54. The van der Waals surface area contributed by atoms with Gasteiger partial charge in [0.05, 0.1) is 17.1 Å². The molecule has 1 aliphatic rings. The molecule has 0 bridgehead atoms. The van der Waals surface area contributed by atoms with E-state index in [1.807, 2.05) is 14.0 Å². The number of amides is 1. The molecule has 10 heteroatoms. The minimum absolute atomic E-state index is 0.106. The maximum atomic E-state index is 12.8. The van der Waals surface area contributed by atoms with Crippen LogP contribution in [0.4, 0.5) is 5.69 Å². The summed E-state index contributed by atoms with van der Waals surface area (Å²) in [5.74, 6) is 0.108. The zero-order chi connectivity index (χ0) is 23.1. The van der Waals surface area contributed by atoms with Crippen LogP contribution in [0.25, 0.3) is 0 Å². The number of thiocarbonyl (C=S) groups is 1. The van der Waals surface area contributed by atoms with Crippen LogP contribution in [-0.4, -0.2) is 68.5 Å². The Kier molecular flexibility index (Phi) is 8.19. The molecule has 0 spiro atoms. The maximum absolute atomic E-state index is 12.8. The zero-order valence-electron chi connectivity index (χ0n) is 18.2. The van der Waals surface area contributed by atoms with E-state index in [4.69, 9.17) is 17.0 Å². The van der Waals surface area contributed by atoms with Crippen LogP contribution in [-0.2, 0) is 10.0 Å². The number of likely N-dealkylation sites (N-methyl/N-ethyl adjacent to an activating group) is 1. The van der Waals surface area contributed by atoms with Crippen LogP contribution in [0, 0.1) is 0 Å². The topological polar surface area (TPSA) is 91.0 Å². The maximum Gasteiger partial charge on any atom is 0.261 e. The Bertz CT molecular complexity index is 1050. The van der Waals surface area contributed by atoms with Crippen molar-refractivity contribution in [1.82, 2.24) is 14.5 Å². The molecule has 2 aromatic carbocycles. The summed E-state index contributed by atoms with van der Waals surface area (Å²) < 4.78 is 32.8. The summed E-state index contributed by atoms with van der Waals surface area (Å²) in [5, 5.41) is 5.65. The van der Waals surface area contributed by atoms with Crippen LogP contribution in [0.15, 0.2) is 53.4 Å². The number of sulfonamides is 1. The smallest absolute Gasteiger partial charge is 0.261 e. The average Bonchev–Trinajstić information content (AvgIpc) is 2.78. The molecule has 8 nitrogen and oxygen atoms in total. The van der Waals surface area contributed by atoms with Crippen molar-refractivity contribution in [2.24, 2.45) is 0 Å². The molecule has 2 N–H and O–H groups in total. The SMILES string of the molecule is CCCOc1ccccc1C(=O)NC(=S)Nc1ccc(S(=O)(=O)N2CCN(C)CC2)cc1. The van der Waals surface area contributed by atoms with E-state index in [1.54, 1.807) is 36.4 Å². The predicted molar refractivity (Wildman–Crippen MR) is 129 cm³/mol. The number of hydrogen-bond donors (Lipinski definition) is 2. The lowest BCUT2D eigenvalue weighted by molar-refractivity contribution is 0.0973. The fourth-order valence-electron chi connectivity index (χ4n) is 3.21. The van der Waals surface area contributed by atoms with Gasteiger partial charge >= 0.3 is 0 Å².